The van der Waals surface area contributed by atoms with Gasteiger partial charge in [-0.05, 0) is 38.0 Å². The standard InChI is InChI=1S/C12H19ClN2O/c1-8-6-12(16-3)10(13)7-11(8)15-5-4-9(2)14/h6-7,9,15H,4-5,14H2,1-3H3. The monoisotopic (exact) mass is 242 g/mol. The van der Waals surface area contributed by atoms with Crippen molar-refractivity contribution in [1.29, 1.82) is 0 Å². The van der Waals surface area contributed by atoms with Gasteiger partial charge in [-0.25, -0.2) is 0 Å². The molecule has 0 heterocycles. The number of methoxy groups -OCH3 is 1. The molecule has 0 radical (unpaired) electrons. The van der Waals surface area contributed by atoms with Crippen LogP contribution in [0.1, 0.15) is 18.9 Å². The van der Waals surface area contributed by atoms with Crippen molar-refractivity contribution in [2.75, 3.05) is 19.0 Å². The third kappa shape index (κ3) is 3.58. The molecular weight excluding hydrogens is 224 g/mol. The fraction of sp³-hybridized carbons (Fsp3) is 0.500. The molecule has 1 rings (SSSR count). The lowest BCUT2D eigenvalue weighted by Gasteiger charge is -2.13. The number of halogens is 1. The number of hydrogen-bond donors (Lipinski definition) is 2. The molecule has 0 spiro atoms. The lowest BCUT2D eigenvalue weighted by atomic mass is 10.1. The molecule has 0 saturated carbocycles. The number of benzene rings is 1. The Morgan fingerprint density at radius 2 is 2.19 bits per heavy atom. The lowest BCUT2D eigenvalue weighted by Crippen LogP contribution is -2.19. The Kier molecular flexibility index (Phi) is 4.90. The minimum atomic E-state index is 0.210. The quantitative estimate of drug-likeness (QED) is 0.835. The van der Waals surface area contributed by atoms with E-state index in [9.17, 15) is 0 Å². The summed E-state index contributed by atoms with van der Waals surface area (Å²) >= 11 is 6.05. The molecule has 0 aliphatic heterocycles. The van der Waals surface area contributed by atoms with Crippen molar-refractivity contribution in [3.8, 4) is 5.75 Å². The zero-order valence-electron chi connectivity index (χ0n) is 10.0. The van der Waals surface area contributed by atoms with Crippen LogP contribution in [0.2, 0.25) is 5.02 Å². The van der Waals surface area contributed by atoms with Crippen molar-refractivity contribution in [1.82, 2.24) is 0 Å². The fourth-order valence-corrected chi connectivity index (χ4v) is 1.68. The van der Waals surface area contributed by atoms with Crippen LogP contribution in [0.4, 0.5) is 5.69 Å². The maximum absolute atomic E-state index is 6.05. The predicted molar refractivity (Wildman–Crippen MR) is 69.5 cm³/mol. The zero-order chi connectivity index (χ0) is 12.1. The van der Waals surface area contributed by atoms with Crippen LogP contribution in [-0.4, -0.2) is 19.7 Å². The van der Waals surface area contributed by atoms with Gasteiger partial charge in [-0.3, -0.25) is 0 Å². The summed E-state index contributed by atoms with van der Waals surface area (Å²) in [5.74, 6) is 0.705. The van der Waals surface area contributed by atoms with E-state index in [0.29, 0.717) is 10.8 Å². The molecule has 1 unspecified atom stereocenters. The van der Waals surface area contributed by atoms with E-state index < -0.39 is 0 Å². The fourth-order valence-electron chi connectivity index (χ4n) is 1.44. The SMILES string of the molecule is COc1cc(C)c(NCCC(C)N)cc1Cl. The van der Waals surface area contributed by atoms with Gasteiger partial charge < -0.3 is 15.8 Å². The summed E-state index contributed by atoms with van der Waals surface area (Å²) in [5.41, 5.74) is 7.83. The van der Waals surface area contributed by atoms with Crippen LogP contribution in [0, 0.1) is 6.92 Å². The highest BCUT2D eigenvalue weighted by atomic mass is 35.5. The van der Waals surface area contributed by atoms with Gasteiger partial charge in [0.25, 0.3) is 0 Å². The van der Waals surface area contributed by atoms with E-state index in [4.69, 9.17) is 22.1 Å². The van der Waals surface area contributed by atoms with E-state index in [-0.39, 0.29) is 6.04 Å². The normalized spacial score (nSPS) is 12.3. The molecule has 0 amide bonds. The van der Waals surface area contributed by atoms with E-state index in [2.05, 4.69) is 5.32 Å². The second kappa shape index (κ2) is 5.97. The number of nitrogens with one attached hydrogen (secondary N) is 1. The van der Waals surface area contributed by atoms with Crippen LogP contribution in [0.15, 0.2) is 12.1 Å². The Morgan fingerprint density at radius 3 is 2.75 bits per heavy atom. The molecule has 16 heavy (non-hydrogen) atoms. The molecule has 1 aromatic rings. The van der Waals surface area contributed by atoms with E-state index in [1.807, 2.05) is 26.0 Å². The smallest absolute Gasteiger partial charge is 0.137 e. The highest BCUT2D eigenvalue weighted by Crippen LogP contribution is 2.30. The average Bonchev–Trinajstić information content (AvgIpc) is 2.22. The Bertz CT molecular complexity index is 353. The highest BCUT2D eigenvalue weighted by Gasteiger charge is 2.05. The number of hydrogen-bond acceptors (Lipinski definition) is 3. The van der Waals surface area contributed by atoms with Gasteiger partial charge in [0, 0.05) is 18.3 Å². The third-order valence-electron chi connectivity index (χ3n) is 2.41. The molecule has 0 aromatic heterocycles. The molecule has 3 N–H and O–H groups in total. The van der Waals surface area contributed by atoms with Gasteiger partial charge in [-0.2, -0.15) is 0 Å². The number of aryl methyl sites for hydroxylation is 1. The largest absolute Gasteiger partial charge is 0.495 e. The van der Waals surface area contributed by atoms with E-state index >= 15 is 0 Å². The van der Waals surface area contributed by atoms with Crippen molar-refractivity contribution >= 4 is 17.3 Å². The third-order valence-corrected chi connectivity index (χ3v) is 2.71. The summed E-state index contributed by atoms with van der Waals surface area (Å²) in [4.78, 5) is 0. The zero-order valence-corrected chi connectivity index (χ0v) is 10.8. The Hall–Kier alpha value is -0.930. The Balaban J connectivity index is 2.70. The van der Waals surface area contributed by atoms with E-state index in [0.717, 1.165) is 24.2 Å². The molecule has 0 aliphatic carbocycles. The lowest BCUT2D eigenvalue weighted by molar-refractivity contribution is 0.415. The summed E-state index contributed by atoms with van der Waals surface area (Å²) in [7, 11) is 1.61. The second-order valence-electron chi connectivity index (χ2n) is 3.99. The first-order valence-corrected chi connectivity index (χ1v) is 5.76. The highest BCUT2D eigenvalue weighted by molar-refractivity contribution is 6.32. The first kappa shape index (κ1) is 13.1. The van der Waals surface area contributed by atoms with Gasteiger partial charge >= 0.3 is 0 Å². The number of anilines is 1. The second-order valence-corrected chi connectivity index (χ2v) is 4.40. The molecule has 4 heteroatoms. The molecule has 3 nitrogen and oxygen atoms in total. The van der Waals surface area contributed by atoms with Gasteiger partial charge in [0.15, 0.2) is 0 Å². The van der Waals surface area contributed by atoms with Gasteiger partial charge in [-0.1, -0.05) is 11.6 Å². The Labute approximate surface area is 102 Å². The molecule has 0 aliphatic rings. The average molecular weight is 243 g/mol. The summed E-state index contributed by atoms with van der Waals surface area (Å²) in [6, 6.07) is 4.02. The van der Waals surface area contributed by atoms with Crippen molar-refractivity contribution < 1.29 is 4.74 Å². The van der Waals surface area contributed by atoms with Gasteiger partial charge in [0.2, 0.25) is 0 Å². The topological polar surface area (TPSA) is 47.3 Å². The molecular formula is C12H19ClN2O. The number of rotatable bonds is 5. The molecule has 90 valence electrons. The molecule has 0 fully saturated rings. The molecule has 0 bridgehead atoms. The van der Waals surface area contributed by atoms with Crippen molar-refractivity contribution in [3.05, 3.63) is 22.7 Å². The Morgan fingerprint density at radius 1 is 1.50 bits per heavy atom. The first-order chi connectivity index (χ1) is 7.54. The minimum Gasteiger partial charge on any atom is -0.495 e. The van der Waals surface area contributed by atoms with Crippen molar-refractivity contribution in [2.45, 2.75) is 26.3 Å². The first-order valence-electron chi connectivity index (χ1n) is 5.38. The molecule has 1 atom stereocenters. The van der Waals surface area contributed by atoms with Crippen molar-refractivity contribution in [3.63, 3.8) is 0 Å². The van der Waals surface area contributed by atoms with Crippen LogP contribution >= 0.6 is 11.6 Å². The van der Waals surface area contributed by atoms with Gasteiger partial charge in [0.05, 0.1) is 12.1 Å². The number of nitrogens with two attached hydrogens (primary N) is 1. The maximum Gasteiger partial charge on any atom is 0.137 e. The van der Waals surface area contributed by atoms with Crippen molar-refractivity contribution in [2.24, 2.45) is 5.73 Å². The number of ether oxygens (including phenoxy) is 1. The van der Waals surface area contributed by atoms with Gasteiger partial charge in [-0.15, -0.1) is 0 Å². The minimum absolute atomic E-state index is 0.210. The predicted octanol–water partition coefficient (Wildman–Crippen LogP) is 2.81. The van der Waals surface area contributed by atoms with E-state index in [1.165, 1.54) is 0 Å². The van der Waals surface area contributed by atoms with Gasteiger partial charge in [0.1, 0.15) is 5.75 Å². The van der Waals surface area contributed by atoms with Crippen LogP contribution in [0.5, 0.6) is 5.75 Å². The van der Waals surface area contributed by atoms with Crippen LogP contribution < -0.4 is 15.8 Å². The van der Waals surface area contributed by atoms with Crippen LogP contribution in [0.25, 0.3) is 0 Å². The summed E-state index contributed by atoms with van der Waals surface area (Å²) in [6.45, 7) is 4.86. The van der Waals surface area contributed by atoms with E-state index in [1.54, 1.807) is 7.11 Å². The maximum atomic E-state index is 6.05. The summed E-state index contributed by atoms with van der Waals surface area (Å²) in [5, 5.41) is 3.94. The summed E-state index contributed by atoms with van der Waals surface area (Å²) < 4.78 is 5.14. The molecule has 1 aromatic carbocycles. The molecule has 0 saturated heterocycles. The summed E-state index contributed by atoms with van der Waals surface area (Å²) in [6.07, 6.45) is 0.934. The van der Waals surface area contributed by atoms with Crippen LogP contribution in [0.3, 0.4) is 0 Å². The van der Waals surface area contributed by atoms with Crippen LogP contribution in [-0.2, 0) is 0 Å².